The fourth-order valence-electron chi connectivity index (χ4n) is 2.27. The van der Waals surface area contributed by atoms with Crippen molar-refractivity contribution in [2.45, 2.75) is 44.7 Å². The number of hydrogen-bond acceptors (Lipinski definition) is 5. The number of nitrogens with one attached hydrogen (secondary N) is 2. The molecule has 1 fully saturated rings. The second-order valence-corrected chi connectivity index (χ2v) is 9.14. The first-order valence-corrected chi connectivity index (χ1v) is 9.84. The molecule has 0 aromatic heterocycles. The molecule has 2 N–H and O–H groups in total. The summed E-state index contributed by atoms with van der Waals surface area (Å²) in [5.41, 5.74) is 0. The van der Waals surface area contributed by atoms with E-state index in [-0.39, 0.29) is 6.04 Å². The molecule has 0 saturated heterocycles. The maximum absolute atomic E-state index is 11.6. The SMILES string of the molecule is CCNC1CCC(NS(=O)(=O)CS(C)(=O)=O)CC1. The van der Waals surface area contributed by atoms with Crippen molar-refractivity contribution >= 4 is 19.9 Å². The van der Waals surface area contributed by atoms with Gasteiger partial charge in [-0.15, -0.1) is 0 Å². The summed E-state index contributed by atoms with van der Waals surface area (Å²) >= 11 is 0. The fourth-order valence-corrected chi connectivity index (χ4v) is 5.54. The van der Waals surface area contributed by atoms with Crippen LogP contribution < -0.4 is 10.0 Å². The summed E-state index contributed by atoms with van der Waals surface area (Å²) in [6.45, 7) is 2.95. The molecule has 0 aromatic rings. The summed E-state index contributed by atoms with van der Waals surface area (Å²) in [5, 5.41) is 2.51. The minimum atomic E-state index is -3.73. The van der Waals surface area contributed by atoms with Gasteiger partial charge in [0.1, 0.15) is 0 Å². The highest BCUT2D eigenvalue weighted by Gasteiger charge is 2.26. The molecule has 108 valence electrons. The first kappa shape index (κ1) is 15.9. The molecule has 0 bridgehead atoms. The van der Waals surface area contributed by atoms with Crippen LogP contribution in [0, 0.1) is 0 Å². The van der Waals surface area contributed by atoms with Gasteiger partial charge in [0.2, 0.25) is 10.0 Å². The molecule has 0 atom stereocenters. The summed E-state index contributed by atoms with van der Waals surface area (Å²) in [6.07, 6.45) is 4.26. The van der Waals surface area contributed by atoms with Crippen LogP contribution in [0.3, 0.4) is 0 Å². The molecule has 8 heteroatoms. The van der Waals surface area contributed by atoms with Crippen LogP contribution in [0.1, 0.15) is 32.6 Å². The Morgan fingerprint density at radius 2 is 1.50 bits per heavy atom. The smallest absolute Gasteiger partial charge is 0.226 e. The van der Waals surface area contributed by atoms with Crippen LogP contribution in [0.2, 0.25) is 0 Å². The first-order valence-electron chi connectivity index (χ1n) is 6.13. The van der Waals surface area contributed by atoms with Gasteiger partial charge in [-0.05, 0) is 32.2 Å². The topological polar surface area (TPSA) is 92.3 Å². The summed E-state index contributed by atoms with van der Waals surface area (Å²) in [6, 6.07) is 0.317. The van der Waals surface area contributed by atoms with Crippen LogP contribution in [0.4, 0.5) is 0 Å². The predicted molar refractivity (Wildman–Crippen MR) is 71.5 cm³/mol. The van der Waals surface area contributed by atoms with Crippen molar-refractivity contribution in [1.29, 1.82) is 0 Å². The van der Waals surface area contributed by atoms with E-state index in [1.807, 2.05) is 6.92 Å². The highest BCUT2D eigenvalue weighted by Crippen LogP contribution is 2.19. The Bertz CT molecular complexity index is 450. The van der Waals surface area contributed by atoms with Crippen molar-refractivity contribution in [3.8, 4) is 0 Å². The van der Waals surface area contributed by atoms with Gasteiger partial charge in [0.15, 0.2) is 14.9 Å². The molecule has 1 saturated carbocycles. The second-order valence-electron chi connectivity index (χ2n) is 4.88. The molecule has 0 heterocycles. The largest absolute Gasteiger partial charge is 0.314 e. The number of sulfonamides is 1. The Hall–Kier alpha value is -0.180. The van der Waals surface area contributed by atoms with Crippen molar-refractivity contribution in [2.24, 2.45) is 0 Å². The molecule has 1 rings (SSSR count). The standard InChI is InChI=1S/C10H22N2O4S2/c1-3-11-9-4-6-10(7-5-9)12-18(15,16)8-17(2,13)14/h9-12H,3-8H2,1-2H3. The second kappa shape index (κ2) is 6.31. The minimum Gasteiger partial charge on any atom is -0.314 e. The molecular weight excluding hydrogens is 276 g/mol. The quantitative estimate of drug-likeness (QED) is 0.710. The van der Waals surface area contributed by atoms with Gasteiger partial charge in [0.05, 0.1) is 0 Å². The first-order chi connectivity index (χ1) is 8.22. The van der Waals surface area contributed by atoms with E-state index in [0.717, 1.165) is 38.5 Å². The maximum atomic E-state index is 11.6. The van der Waals surface area contributed by atoms with Gasteiger partial charge in [0, 0.05) is 18.3 Å². The van der Waals surface area contributed by atoms with Crippen molar-refractivity contribution in [1.82, 2.24) is 10.0 Å². The van der Waals surface area contributed by atoms with E-state index in [9.17, 15) is 16.8 Å². The lowest BCUT2D eigenvalue weighted by Gasteiger charge is -2.29. The third kappa shape index (κ3) is 6.12. The average Bonchev–Trinajstić information content (AvgIpc) is 2.17. The Balaban J connectivity index is 2.45. The van der Waals surface area contributed by atoms with Gasteiger partial charge >= 0.3 is 0 Å². The number of sulfone groups is 1. The Morgan fingerprint density at radius 1 is 1.00 bits per heavy atom. The zero-order chi connectivity index (χ0) is 13.8. The molecule has 1 aliphatic rings. The van der Waals surface area contributed by atoms with Gasteiger partial charge < -0.3 is 5.32 Å². The molecule has 0 aromatic carbocycles. The van der Waals surface area contributed by atoms with Gasteiger partial charge in [0.25, 0.3) is 0 Å². The van der Waals surface area contributed by atoms with Crippen LogP contribution in [0.25, 0.3) is 0 Å². The van der Waals surface area contributed by atoms with E-state index in [0.29, 0.717) is 6.04 Å². The van der Waals surface area contributed by atoms with E-state index in [4.69, 9.17) is 0 Å². The van der Waals surface area contributed by atoms with Crippen LogP contribution >= 0.6 is 0 Å². The summed E-state index contributed by atoms with van der Waals surface area (Å²) in [7, 11) is -7.24. The molecular formula is C10H22N2O4S2. The third-order valence-corrected chi connectivity index (χ3v) is 6.58. The van der Waals surface area contributed by atoms with Crippen LogP contribution in [-0.2, 0) is 19.9 Å². The van der Waals surface area contributed by atoms with Crippen LogP contribution in [-0.4, -0.2) is 46.8 Å². The molecule has 18 heavy (non-hydrogen) atoms. The van der Waals surface area contributed by atoms with Crippen molar-refractivity contribution in [2.75, 3.05) is 17.9 Å². The molecule has 0 aliphatic heterocycles. The Morgan fingerprint density at radius 3 is 1.94 bits per heavy atom. The monoisotopic (exact) mass is 298 g/mol. The lowest BCUT2D eigenvalue weighted by atomic mass is 9.92. The predicted octanol–water partition coefficient (Wildman–Crippen LogP) is -0.171. The molecule has 1 aliphatic carbocycles. The van der Waals surface area contributed by atoms with Gasteiger partial charge in [-0.1, -0.05) is 6.92 Å². The number of hydrogen-bond donors (Lipinski definition) is 2. The maximum Gasteiger partial charge on any atom is 0.226 e. The van der Waals surface area contributed by atoms with Crippen molar-refractivity contribution in [3.63, 3.8) is 0 Å². The van der Waals surface area contributed by atoms with E-state index < -0.39 is 24.9 Å². The summed E-state index contributed by atoms with van der Waals surface area (Å²) in [5.74, 6) is 0. The normalized spacial score (nSPS) is 26.1. The average molecular weight is 298 g/mol. The number of rotatable bonds is 6. The molecule has 0 unspecified atom stereocenters. The lowest BCUT2D eigenvalue weighted by molar-refractivity contribution is 0.334. The van der Waals surface area contributed by atoms with E-state index in [1.54, 1.807) is 0 Å². The van der Waals surface area contributed by atoms with Crippen molar-refractivity contribution in [3.05, 3.63) is 0 Å². The fraction of sp³-hybridized carbons (Fsp3) is 1.00. The zero-order valence-corrected chi connectivity index (χ0v) is 12.5. The Labute approximate surface area is 110 Å². The summed E-state index contributed by atoms with van der Waals surface area (Å²) < 4.78 is 47.7. The third-order valence-electron chi connectivity index (χ3n) is 2.94. The van der Waals surface area contributed by atoms with Gasteiger partial charge in [-0.25, -0.2) is 21.6 Å². The molecule has 0 radical (unpaired) electrons. The Kier molecular flexibility index (Phi) is 5.57. The highest BCUT2D eigenvalue weighted by molar-refractivity contribution is 8.06. The van der Waals surface area contributed by atoms with Crippen LogP contribution in [0.15, 0.2) is 0 Å². The van der Waals surface area contributed by atoms with Gasteiger partial charge in [-0.3, -0.25) is 0 Å². The molecule has 0 spiro atoms. The van der Waals surface area contributed by atoms with E-state index in [2.05, 4.69) is 10.0 Å². The van der Waals surface area contributed by atoms with E-state index >= 15 is 0 Å². The lowest BCUT2D eigenvalue weighted by Crippen LogP contribution is -2.43. The molecule has 0 amide bonds. The minimum absolute atomic E-state index is 0.133. The molecule has 6 nitrogen and oxygen atoms in total. The summed E-state index contributed by atoms with van der Waals surface area (Å²) in [4.78, 5) is 0. The van der Waals surface area contributed by atoms with E-state index in [1.165, 1.54) is 0 Å². The van der Waals surface area contributed by atoms with Gasteiger partial charge in [-0.2, -0.15) is 0 Å². The highest BCUT2D eigenvalue weighted by atomic mass is 32.3. The van der Waals surface area contributed by atoms with Crippen molar-refractivity contribution < 1.29 is 16.8 Å². The van der Waals surface area contributed by atoms with Crippen LogP contribution in [0.5, 0.6) is 0 Å². The zero-order valence-electron chi connectivity index (χ0n) is 10.8.